The topological polar surface area (TPSA) is 65.6 Å². The molecule has 5 heteroatoms. The summed E-state index contributed by atoms with van der Waals surface area (Å²) in [6.07, 6.45) is 2.93. The van der Waals surface area contributed by atoms with Crippen molar-refractivity contribution < 1.29 is 5.11 Å². The molecule has 0 spiro atoms. The molecule has 2 rings (SSSR count). The average molecular weight is 250 g/mol. The van der Waals surface area contributed by atoms with Crippen molar-refractivity contribution in [1.82, 2.24) is 9.88 Å². The predicted octanol–water partition coefficient (Wildman–Crippen LogP) is 0.0447. The fourth-order valence-electron chi connectivity index (χ4n) is 2.33. The van der Waals surface area contributed by atoms with Crippen molar-refractivity contribution in [2.24, 2.45) is 5.73 Å². The molecular weight excluding hydrogens is 228 g/mol. The number of anilines is 1. The van der Waals surface area contributed by atoms with Crippen LogP contribution in [0, 0.1) is 0 Å². The molecule has 0 aromatic carbocycles. The number of hydrogen-bond acceptors (Lipinski definition) is 5. The van der Waals surface area contributed by atoms with Gasteiger partial charge in [0.15, 0.2) is 0 Å². The Morgan fingerprint density at radius 3 is 2.94 bits per heavy atom. The Labute approximate surface area is 108 Å². The molecule has 5 nitrogen and oxygen atoms in total. The molecule has 18 heavy (non-hydrogen) atoms. The minimum Gasteiger partial charge on any atom is -0.395 e. The van der Waals surface area contributed by atoms with Crippen LogP contribution in [0.4, 0.5) is 5.82 Å². The number of aromatic nitrogens is 1. The van der Waals surface area contributed by atoms with Gasteiger partial charge in [-0.2, -0.15) is 0 Å². The van der Waals surface area contributed by atoms with Crippen LogP contribution in [-0.2, 0) is 6.54 Å². The monoisotopic (exact) mass is 250 g/mol. The zero-order chi connectivity index (χ0) is 12.8. The number of nitrogens with two attached hydrogens (primary N) is 1. The highest BCUT2D eigenvalue weighted by Gasteiger charge is 2.15. The predicted molar refractivity (Wildman–Crippen MR) is 72.5 cm³/mol. The van der Waals surface area contributed by atoms with E-state index in [0.717, 1.165) is 50.5 Å². The van der Waals surface area contributed by atoms with Crippen molar-refractivity contribution in [3.05, 3.63) is 23.9 Å². The molecule has 0 aliphatic carbocycles. The SMILES string of the molecule is NCc1ccnc(N2CCCN(CCO)CC2)c1. The minimum atomic E-state index is 0.237. The molecule has 1 aromatic heterocycles. The third-order valence-electron chi connectivity index (χ3n) is 3.37. The Kier molecular flexibility index (Phi) is 4.92. The minimum absolute atomic E-state index is 0.237. The maximum Gasteiger partial charge on any atom is 0.128 e. The first-order valence-corrected chi connectivity index (χ1v) is 6.56. The zero-order valence-electron chi connectivity index (χ0n) is 10.8. The lowest BCUT2D eigenvalue weighted by Crippen LogP contribution is -2.32. The molecule has 1 fully saturated rings. The molecule has 0 unspecified atom stereocenters. The van der Waals surface area contributed by atoms with Crippen LogP contribution in [0.2, 0.25) is 0 Å². The van der Waals surface area contributed by atoms with Gasteiger partial charge in [-0.05, 0) is 30.7 Å². The number of aliphatic hydroxyl groups is 1. The first-order valence-electron chi connectivity index (χ1n) is 6.56. The Bertz CT molecular complexity index is 372. The lowest BCUT2D eigenvalue weighted by atomic mass is 10.2. The Morgan fingerprint density at radius 2 is 2.17 bits per heavy atom. The summed E-state index contributed by atoms with van der Waals surface area (Å²) in [5, 5.41) is 8.98. The molecule has 1 aliphatic heterocycles. The zero-order valence-corrected chi connectivity index (χ0v) is 10.8. The quantitative estimate of drug-likeness (QED) is 0.790. The van der Waals surface area contributed by atoms with Gasteiger partial charge in [0.25, 0.3) is 0 Å². The molecule has 3 N–H and O–H groups in total. The van der Waals surface area contributed by atoms with E-state index < -0.39 is 0 Å². The van der Waals surface area contributed by atoms with Crippen molar-refractivity contribution in [3.63, 3.8) is 0 Å². The molecule has 1 aromatic rings. The molecule has 0 bridgehead atoms. The van der Waals surface area contributed by atoms with Crippen LogP contribution in [0.5, 0.6) is 0 Å². The molecular formula is C13H22N4O. The van der Waals surface area contributed by atoms with Crippen LogP contribution in [0.15, 0.2) is 18.3 Å². The van der Waals surface area contributed by atoms with E-state index in [1.165, 1.54) is 0 Å². The smallest absolute Gasteiger partial charge is 0.128 e. The number of pyridine rings is 1. The lowest BCUT2D eigenvalue weighted by Gasteiger charge is -2.22. The average Bonchev–Trinajstić information content (AvgIpc) is 2.65. The number of hydrogen-bond donors (Lipinski definition) is 2. The summed E-state index contributed by atoms with van der Waals surface area (Å²) < 4.78 is 0. The molecule has 1 saturated heterocycles. The van der Waals surface area contributed by atoms with Crippen LogP contribution in [0.1, 0.15) is 12.0 Å². The summed E-state index contributed by atoms with van der Waals surface area (Å²) in [7, 11) is 0. The molecule has 0 saturated carbocycles. The summed E-state index contributed by atoms with van der Waals surface area (Å²) >= 11 is 0. The maximum atomic E-state index is 8.98. The van der Waals surface area contributed by atoms with E-state index in [2.05, 4.69) is 20.9 Å². The highest BCUT2D eigenvalue weighted by atomic mass is 16.3. The van der Waals surface area contributed by atoms with Crippen molar-refractivity contribution in [1.29, 1.82) is 0 Å². The van der Waals surface area contributed by atoms with Gasteiger partial charge in [0.1, 0.15) is 5.82 Å². The highest BCUT2D eigenvalue weighted by Crippen LogP contribution is 2.15. The molecule has 0 amide bonds. The molecule has 2 heterocycles. The van der Waals surface area contributed by atoms with Crippen molar-refractivity contribution in [2.45, 2.75) is 13.0 Å². The molecule has 1 aliphatic rings. The first kappa shape index (κ1) is 13.3. The third kappa shape index (κ3) is 3.41. The van der Waals surface area contributed by atoms with Crippen LogP contribution >= 0.6 is 0 Å². The van der Waals surface area contributed by atoms with E-state index in [1.807, 2.05) is 12.3 Å². The van der Waals surface area contributed by atoms with E-state index in [1.54, 1.807) is 0 Å². The highest BCUT2D eigenvalue weighted by molar-refractivity contribution is 5.41. The van der Waals surface area contributed by atoms with E-state index in [0.29, 0.717) is 6.54 Å². The Balaban J connectivity index is 2.00. The van der Waals surface area contributed by atoms with E-state index in [9.17, 15) is 0 Å². The second-order valence-corrected chi connectivity index (χ2v) is 4.63. The van der Waals surface area contributed by atoms with Gasteiger partial charge in [-0.25, -0.2) is 4.98 Å². The fourth-order valence-corrected chi connectivity index (χ4v) is 2.33. The summed E-state index contributed by atoms with van der Waals surface area (Å²) in [5.41, 5.74) is 6.78. The van der Waals surface area contributed by atoms with Gasteiger partial charge in [0.05, 0.1) is 6.61 Å². The summed E-state index contributed by atoms with van der Waals surface area (Å²) in [6, 6.07) is 4.03. The number of rotatable bonds is 4. The van der Waals surface area contributed by atoms with Gasteiger partial charge < -0.3 is 15.7 Å². The van der Waals surface area contributed by atoms with Gasteiger partial charge in [0, 0.05) is 38.9 Å². The Hall–Kier alpha value is -1.17. The summed E-state index contributed by atoms with van der Waals surface area (Å²) in [5.74, 6) is 1.02. The molecule has 0 radical (unpaired) electrons. The van der Waals surface area contributed by atoms with E-state index in [-0.39, 0.29) is 6.61 Å². The normalized spacial score (nSPS) is 17.8. The van der Waals surface area contributed by atoms with E-state index in [4.69, 9.17) is 10.8 Å². The summed E-state index contributed by atoms with van der Waals surface area (Å²) in [6.45, 7) is 5.57. The van der Waals surface area contributed by atoms with Gasteiger partial charge in [-0.1, -0.05) is 0 Å². The summed E-state index contributed by atoms with van der Waals surface area (Å²) in [4.78, 5) is 9.03. The van der Waals surface area contributed by atoms with Crippen LogP contribution in [0.3, 0.4) is 0 Å². The van der Waals surface area contributed by atoms with Gasteiger partial charge in [0.2, 0.25) is 0 Å². The van der Waals surface area contributed by atoms with Crippen LogP contribution in [0.25, 0.3) is 0 Å². The fraction of sp³-hybridized carbons (Fsp3) is 0.615. The molecule has 100 valence electrons. The first-order chi connectivity index (χ1) is 8.83. The second-order valence-electron chi connectivity index (χ2n) is 4.63. The van der Waals surface area contributed by atoms with Crippen LogP contribution < -0.4 is 10.6 Å². The van der Waals surface area contributed by atoms with Crippen LogP contribution in [-0.4, -0.2) is 54.3 Å². The van der Waals surface area contributed by atoms with Gasteiger partial charge in [-0.15, -0.1) is 0 Å². The van der Waals surface area contributed by atoms with Crippen molar-refractivity contribution in [3.8, 4) is 0 Å². The van der Waals surface area contributed by atoms with Crippen molar-refractivity contribution in [2.75, 3.05) is 44.2 Å². The van der Waals surface area contributed by atoms with Gasteiger partial charge in [-0.3, -0.25) is 4.90 Å². The second kappa shape index (κ2) is 6.68. The Morgan fingerprint density at radius 1 is 1.28 bits per heavy atom. The van der Waals surface area contributed by atoms with Crippen molar-refractivity contribution >= 4 is 5.82 Å². The molecule has 0 atom stereocenters. The number of β-amino-alcohol motifs (C(OH)–C–C–N with tert-alkyl or cyclic N) is 1. The van der Waals surface area contributed by atoms with Gasteiger partial charge >= 0.3 is 0 Å². The lowest BCUT2D eigenvalue weighted by molar-refractivity contribution is 0.204. The maximum absolute atomic E-state index is 8.98. The standard InChI is InChI=1S/C13H22N4O/c14-11-12-2-3-15-13(10-12)17-5-1-4-16(6-7-17)8-9-18/h2-3,10,18H,1,4-9,11,14H2. The number of aliphatic hydroxyl groups excluding tert-OH is 1. The number of nitrogens with zero attached hydrogens (tertiary/aromatic N) is 3. The van der Waals surface area contributed by atoms with E-state index >= 15 is 0 Å². The largest absolute Gasteiger partial charge is 0.395 e. The third-order valence-corrected chi connectivity index (χ3v) is 3.37.